The van der Waals surface area contributed by atoms with Gasteiger partial charge < -0.3 is 54.1 Å². The van der Waals surface area contributed by atoms with E-state index < -0.39 is 85.0 Å². The van der Waals surface area contributed by atoms with Gasteiger partial charge in [0.05, 0.1) is 13.2 Å². The van der Waals surface area contributed by atoms with E-state index in [1.165, 1.54) is 7.11 Å². The van der Waals surface area contributed by atoms with Gasteiger partial charge in [-0.05, 0) is 0 Å². The van der Waals surface area contributed by atoms with Crippen LogP contribution >= 0.6 is 0 Å². The Morgan fingerprint density at radius 1 is 0.897 bits per heavy atom. The van der Waals surface area contributed by atoms with Gasteiger partial charge in [0.2, 0.25) is 10.4 Å². The summed E-state index contributed by atoms with van der Waals surface area (Å²) < 4.78 is 56.2. The van der Waals surface area contributed by atoms with Crippen LogP contribution in [-0.4, -0.2) is 125 Å². The van der Waals surface area contributed by atoms with Crippen LogP contribution in [0.1, 0.15) is 0 Å². The molecule has 29 heavy (non-hydrogen) atoms. The molecule has 0 aromatic heterocycles. The van der Waals surface area contributed by atoms with E-state index in [4.69, 9.17) is 18.9 Å². The molecular formula is C13H23NaO14S. The van der Waals surface area contributed by atoms with Crippen molar-refractivity contribution in [3.05, 3.63) is 0 Å². The van der Waals surface area contributed by atoms with Crippen LogP contribution in [0.3, 0.4) is 0 Å². The molecule has 0 aromatic carbocycles. The maximum absolute atomic E-state index is 10.6. The van der Waals surface area contributed by atoms with Crippen LogP contribution in [0.2, 0.25) is 0 Å². The van der Waals surface area contributed by atoms with Gasteiger partial charge in [0.1, 0.15) is 48.8 Å². The second-order valence-corrected chi connectivity index (χ2v) is 7.30. The van der Waals surface area contributed by atoms with Crippen molar-refractivity contribution >= 4 is 10.4 Å². The summed E-state index contributed by atoms with van der Waals surface area (Å²) in [5, 5.41) is 59.4. The Labute approximate surface area is 188 Å². The minimum Gasteiger partial charge on any atom is -0.726 e. The van der Waals surface area contributed by atoms with Gasteiger partial charge in [0, 0.05) is 7.11 Å². The predicted octanol–water partition coefficient (Wildman–Crippen LogP) is -8.25. The van der Waals surface area contributed by atoms with E-state index in [0.29, 0.717) is 0 Å². The quantitative estimate of drug-likeness (QED) is 0.118. The van der Waals surface area contributed by atoms with Crippen molar-refractivity contribution in [3.8, 4) is 0 Å². The first-order chi connectivity index (χ1) is 13.0. The second kappa shape index (κ2) is 11.4. The molecule has 0 spiro atoms. The molecule has 2 aliphatic rings. The summed E-state index contributed by atoms with van der Waals surface area (Å²) in [6.45, 7) is -1.68. The summed E-state index contributed by atoms with van der Waals surface area (Å²) in [4.78, 5) is 0. The van der Waals surface area contributed by atoms with Crippen LogP contribution < -0.4 is 29.6 Å². The number of hydrogen-bond donors (Lipinski definition) is 6. The molecule has 2 rings (SSSR count). The Bertz CT molecular complexity index is 604. The number of aliphatic hydroxyl groups is 6. The van der Waals surface area contributed by atoms with Crippen molar-refractivity contribution in [2.75, 3.05) is 20.3 Å². The third kappa shape index (κ3) is 6.72. The van der Waals surface area contributed by atoms with E-state index in [2.05, 4.69) is 4.18 Å². The topological polar surface area (TPSA) is 225 Å². The van der Waals surface area contributed by atoms with E-state index in [-0.39, 0.29) is 29.6 Å². The van der Waals surface area contributed by atoms with Crippen molar-refractivity contribution < 1.29 is 96.3 Å². The summed E-state index contributed by atoms with van der Waals surface area (Å²) in [5.74, 6) is 0. The fourth-order valence-electron chi connectivity index (χ4n) is 2.89. The van der Waals surface area contributed by atoms with E-state index in [9.17, 15) is 43.6 Å². The number of ether oxygens (including phenoxy) is 4. The van der Waals surface area contributed by atoms with Gasteiger partial charge in [-0.3, -0.25) is 4.18 Å². The number of rotatable bonds is 7. The fraction of sp³-hybridized carbons (Fsp3) is 1.00. The molecule has 0 aliphatic carbocycles. The van der Waals surface area contributed by atoms with Crippen LogP contribution in [0.25, 0.3) is 0 Å². The second-order valence-electron chi connectivity index (χ2n) is 6.25. The van der Waals surface area contributed by atoms with Gasteiger partial charge in [-0.2, -0.15) is 0 Å². The molecule has 10 atom stereocenters. The van der Waals surface area contributed by atoms with Crippen LogP contribution in [0.15, 0.2) is 0 Å². The minimum atomic E-state index is -5.13. The molecule has 0 saturated carbocycles. The first-order valence-corrected chi connectivity index (χ1v) is 9.44. The van der Waals surface area contributed by atoms with Gasteiger partial charge in [0.15, 0.2) is 12.6 Å². The summed E-state index contributed by atoms with van der Waals surface area (Å²) in [5.41, 5.74) is 0. The predicted molar refractivity (Wildman–Crippen MR) is 82.0 cm³/mol. The first kappa shape index (κ1) is 27.5. The molecule has 0 unspecified atom stereocenters. The summed E-state index contributed by atoms with van der Waals surface area (Å²) >= 11 is 0. The third-order valence-corrected chi connectivity index (χ3v) is 4.81. The third-order valence-electron chi connectivity index (χ3n) is 4.39. The monoisotopic (exact) mass is 458 g/mol. The van der Waals surface area contributed by atoms with E-state index in [0.717, 1.165) is 0 Å². The molecule has 16 heteroatoms. The maximum Gasteiger partial charge on any atom is 1.00 e. The molecule has 0 radical (unpaired) electrons. The van der Waals surface area contributed by atoms with E-state index in [1.807, 2.05) is 0 Å². The molecule has 0 amide bonds. The SMILES string of the molecule is CO[C@@H]1O[C@H](CO)[C@@H](O[C@H]2O[C@H](COS(=O)(=O)[O-])[C@@H](O)[C@H](O)[C@H]2O)[C@H](O)[C@H]1O.[Na+]. The average Bonchev–Trinajstić information content (AvgIpc) is 2.64. The fourth-order valence-corrected chi connectivity index (χ4v) is 3.19. The van der Waals surface area contributed by atoms with Crippen LogP contribution in [0.5, 0.6) is 0 Å². The van der Waals surface area contributed by atoms with Gasteiger partial charge in [-0.15, -0.1) is 0 Å². The maximum atomic E-state index is 10.6. The van der Waals surface area contributed by atoms with Crippen molar-refractivity contribution in [3.63, 3.8) is 0 Å². The largest absolute Gasteiger partial charge is 1.00 e. The van der Waals surface area contributed by atoms with Crippen LogP contribution in [0.4, 0.5) is 0 Å². The average molecular weight is 458 g/mol. The summed E-state index contributed by atoms with van der Waals surface area (Å²) in [7, 11) is -3.94. The van der Waals surface area contributed by atoms with Crippen molar-refractivity contribution in [1.82, 2.24) is 0 Å². The number of hydrogen-bond acceptors (Lipinski definition) is 14. The summed E-state index contributed by atoms with van der Waals surface area (Å²) in [6.07, 6.45) is -16.2. The van der Waals surface area contributed by atoms with Crippen molar-refractivity contribution in [2.45, 2.75) is 61.4 Å². The van der Waals surface area contributed by atoms with Crippen LogP contribution in [-0.2, 0) is 33.5 Å². The molecule has 2 saturated heterocycles. The smallest absolute Gasteiger partial charge is 0.726 e. The normalized spacial score (nSPS) is 43.6. The zero-order chi connectivity index (χ0) is 21.2. The Morgan fingerprint density at radius 3 is 1.97 bits per heavy atom. The van der Waals surface area contributed by atoms with E-state index in [1.54, 1.807) is 0 Å². The first-order valence-electron chi connectivity index (χ1n) is 8.10. The summed E-state index contributed by atoms with van der Waals surface area (Å²) in [6, 6.07) is 0. The Kier molecular flexibility index (Phi) is 10.8. The molecule has 6 N–H and O–H groups in total. The molecular weight excluding hydrogens is 435 g/mol. The number of methoxy groups -OCH3 is 1. The molecule has 166 valence electrons. The molecule has 0 bridgehead atoms. The Balaban J connectivity index is 0.00000420. The van der Waals surface area contributed by atoms with Crippen molar-refractivity contribution in [2.24, 2.45) is 0 Å². The Hall–Kier alpha value is 0.470. The van der Waals surface area contributed by atoms with Gasteiger partial charge >= 0.3 is 29.6 Å². The molecule has 2 heterocycles. The zero-order valence-corrected chi connectivity index (χ0v) is 18.4. The number of aliphatic hydroxyl groups excluding tert-OH is 6. The van der Waals surface area contributed by atoms with Crippen molar-refractivity contribution in [1.29, 1.82) is 0 Å². The Morgan fingerprint density at radius 2 is 1.45 bits per heavy atom. The minimum absolute atomic E-state index is 0. The molecule has 14 nitrogen and oxygen atoms in total. The van der Waals surface area contributed by atoms with Gasteiger partial charge in [0.25, 0.3) is 0 Å². The van der Waals surface area contributed by atoms with Crippen LogP contribution in [0, 0.1) is 0 Å². The molecule has 2 aliphatic heterocycles. The molecule has 0 aromatic rings. The zero-order valence-electron chi connectivity index (χ0n) is 15.5. The van der Waals surface area contributed by atoms with Gasteiger partial charge in [-0.25, -0.2) is 8.42 Å². The van der Waals surface area contributed by atoms with Gasteiger partial charge in [-0.1, -0.05) is 0 Å². The molecule has 2 fully saturated rings. The standard InChI is InChI=1S/C13H24O14S.Na/c1-23-12-10(19)8(17)11(4(2-14)25-12)27-13-9(18)7(16)6(15)5(26-13)3-24-28(20,21)22;/h4-19H,2-3H2,1H3,(H,20,21,22);/q;+1/p-1/t4-,5-,6-,7+,8-,9-,10-,11-,12-,13-;/m1./s1. The van der Waals surface area contributed by atoms with E-state index >= 15 is 0 Å².